The lowest BCUT2D eigenvalue weighted by Gasteiger charge is -2.23. The van der Waals surface area contributed by atoms with Gasteiger partial charge in [0.15, 0.2) is 0 Å². The first-order chi connectivity index (χ1) is 11.7. The van der Waals surface area contributed by atoms with Crippen molar-refractivity contribution in [3.05, 3.63) is 47.7 Å². The molecule has 1 aromatic carbocycles. The number of esters is 1. The van der Waals surface area contributed by atoms with Crippen LogP contribution < -0.4 is 0 Å². The third-order valence-corrected chi connectivity index (χ3v) is 3.34. The summed E-state index contributed by atoms with van der Waals surface area (Å²) >= 11 is 0. The summed E-state index contributed by atoms with van der Waals surface area (Å²) in [7, 11) is 0. The minimum atomic E-state index is -1.42. The largest absolute Gasteiger partial charge is 0.505 e. The highest BCUT2D eigenvalue weighted by Gasteiger charge is 2.23. The zero-order valence-electron chi connectivity index (χ0n) is 14.9. The zero-order valence-corrected chi connectivity index (χ0v) is 14.9. The van der Waals surface area contributed by atoms with Crippen molar-refractivity contribution in [2.24, 2.45) is 0 Å². The smallest absolute Gasteiger partial charge is 0.459 e. The lowest BCUT2D eigenvalue weighted by Crippen LogP contribution is -2.21. The van der Waals surface area contributed by atoms with Crippen molar-refractivity contribution in [1.29, 1.82) is 0 Å². The molecule has 0 aliphatic rings. The summed E-state index contributed by atoms with van der Waals surface area (Å²) < 4.78 is 8.89. The van der Waals surface area contributed by atoms with Gasteiger partial charge in [-0.3, -0.25) is 0 Å². The van der Waals surface area contributed by atoms with Crippen LogP contribution in [0, 0.1) is 0 Å². The molecule has 25 heavy (non-hydrogen) atoms. The lowest BCUT2D eigenvalue weighted by molar-refractivity contribution is -0.321. The molecule has 0 fully saturated rings. The van der Waals surface area contributed by atoms with Crippen molar-refractivity contribution in [1.82, 2.24) is 0 Å². The van der Waals surface area contributed by atoms with Crippen molar-refractivity contribution >= 4 is 12.1 Å². The van der Waals surface area contributed by atoms with Crippen LogP contribution in [0.1, 0.15) is 44.7 Å². The van der Waals surface area contributed by atoms with Crippen LogP contribution in [0.5, 0.6) is 0 Å². The van der Waals surface area contributed by atoms with Gasteiger partial charge in [-0.2, -0.15) is 4.89 Å². The van der Waals surface area contributed by atoms with Crippen LogP contribution in [0.4, 0.5) is 4.79 Å². The summed E-state index contributed by atoms with van der Waals surface area (Å²) in [6.45, 7) is 7.52. The van der Waals surface area contributed by atoms with Crippen molar-refractivity contribution in [3.63, 3.8) is 0 Å². The first-order valence-corrected chi connectivity index (χ1v) is 7.86. The number of hydrogen-bond donors (Lipinski definition) is 1. The van der Waals surface area contributed by atoms with Crippen molar-refractivity contribution in [2.45, 2.75) is 39.2 Å². The van der Waals surface area contributed by atoms with Crippen LogP contribution in [-0.4, -0.2) is 30.4 Å². The van der Waals surface area contributed by atoms with Crippen LogP contribution in [0.25, 0.3) is 0 Å². The monoisotopic (exact) mass is 352 g/mol. The third kappa shape index (κ3) is 7.71. The molecule has 1 N–H and O–H groups in total. The highest BCUT2D eigenvalue weighted by Crippen LogP contribution is 2.26. The van der Waals surface area contributed by atoms with E-state index in [1.807, 2.05) is 38.1 Å². The second-order valence-electron chi connectivity index (χ2n) is 6.05. The standard InChI is InChI=1S/C18H24O7/c1-13(2)14-5-7-15(8-6-14)18(3,4)25-24-10-9-16(19)22-11-12-23-17(20)21/h5-10,13H,11-12H2,1-4H3,(H,20,21). The van der Waals surface area contributed by atoms with Gasteiger partial charge in [-0.15, -0.1) is 0 Å². The average molecular weight is 352 g/mol. The summed E-state index contributed by atoms with van der Waals surface area (Å²) in [5.41, 5.74) is 1.45. The topological polar surface area (TPSA) is 91.3 Å². The molecule has 0 aliphatic carbocycles. The van der Waals surface area contributed by atoms with Gasteiger partial charge in [0.25, 0.3) is 0 Å². The molecule has 7 heteroatoms. The van der Waals surface area contributed by atoms with Crippen LogP contribution >= 0.6 is 0 Å². The molecule has 0 atom stereocenters. The van der Waals surface area contributed by atoms with Gasteiger partial charge in [0.2, 0.25) is 0 Å². The number of carbonyl (C=O) groups excluding carboxylic acids is 1. The minimum Gasteiger partial charge on any atom is -0.459 e. The van der Waals surface area contributed by atoms with Gasteiger partial charge < -0.3 is 19.5 Å². The lowest BCUT2D eigenvalue weighted by atomic mass is 9.94. The molecular formula is C18H24O7. The van der Waals surface area contributed by atoms with Crippen molar-refractivity contribution in [3.8, 4) is 0 Å². The van der Waals surface area contributed by atoms with E-state index in [0.29, 0.717) is 5.92 Å². The summed E-state index contributed by atoms with van der Waals surface area (Å²) in [5, 5.41) is 8.25. The molecule has 138 valence electrons. The van der Waals surface area contributed by atoms with E-state index in [1.54, 1.807) is 0 Å². The van der Waals surface area contributed by atoms with Gasteiger partial charge in [0.05, 0.1) is 6.08 Å². The fraction of sp³-hybridized carbons (Fsp3) is 0.444. The first kappa shape index (κ1) is 20.5. The normalized spacial score (nSPS) is 11.6. The Bertz CT molecular complexity index is 588. The number of ether oxygens (including phenoxy) is 2. The SMILES string of the molecule is CC(C)c1ccc(C(C)(C)OOC=CC(=O)OCCOC(=O)O)cc1. The van der Waals surface area contributed by atoms with E-state index in [9.17, 15) is 9.59 Å². The molecule has 0 saturated heterocycles. The Morgan fingerprint density at radius 1 is 1.12 bits per heavy atom. The molecule has 0 bridgehead atoms. The van der Waals surface area contributed by atoms with Gasteiger partial charge in [-0.1, -0.05) is 38.1 Å². The highest BCUT2D eigenvalue weighted by molar-refractivity contribution is 5.81. The van der Waals surface area contributed by atoms with Gasteiger partial charge in [0.1, 0.15) is 25.1 Å². The van der Waals surface area contributed by atoms with E-state index in [-0.39, 0.29) is 13.2 Å². The van der Waals surface area contributed by atoms with Gasteiger partial charge >= 0.3 is 12.1 Å². The number of hydrogen-bond acceptors (Lipinski definition) is 6. The molecule has 0 heterocycles. The molecule has 0 spiro atoms. The third-order valence-electron chi connectivity index (χ3n) is 3.34. The summed E-state index contributed by atoms with van der Waals surface area (Å²) in [6.07, 6.45) is 0.663. The van der Waals surface area contributed by atoms with Gasteiger partial charge in [0, 0.05) is 0 Å². The number of benzene rings is 1. The Labute approximate surface area is 147 Å². The maximum Gasteiger partial charge on any atom is 0.505 e. The molecule has 1 rings (SSSR count). The first-order valence-electron chi connectivity index (χ1n) is 7.86. The van der Waals surface area contributed by atoms with E-state index in [4.69, 9.17) is 19.6 Å². The van der Waals surface area contributed by atoms with E-state index in [1.165, 1.54) is 5.56 Å². The Morgan fingerprint density at radius 3 is 2.28 bits per heavy atom. The van der Waals surface area contributed by atoms with Crippen LogP contribution in [0.3, 0.4) is 0 Å². The number of carboxylic acid groups (broad SMARTS) is 1. The van der Waals surface area contributed by atoms with Crippen molar-refractivity contribution in [2.75, 3.05) is 13.2 Å². The Balaban J connectivity index is 2.40. The molecule has 0 aliphatic heterocycles. The minimum absolute atomic E-state index is 0.177. The van der Waals surface area contributed by atoms with Gasteiger partial charge in [-0.05, 0) is 30.9 Å². The molecule has 1 aromatic rings. The fourth-order valence-electron chi connectivity index (χ4n) is 1.87. The molecule has 0 radical (unpaired) electrons. The average Bonchev–Trinajstić information content (AvgIpc) is 2.55. The highest BCUT2D eigenvalue weighted by atomic mass is 17.2. The van der Waals surface area contributed by atoms with Crippen molar-refractivity contribution < 1.29 is 33.9 Å². The predicted octanol–water partition coefficient (Wildman–Crippen LogP) is 3.74. The van der Waals surface area contributed by atoms with Crippen LogP contribution in [0.2, 0.25) is 0 Å². The van der Waals surface area contributed by atoms with Gasteiger partial charge in [-0.25, -0.2) is 9.59 Å². The van der Waals surface area contributed by atoms with E-state index in [0.717, 1.165) is 17.9 Å². The predicted molar refractivity (Wildman–Crippen MR) is 89.8 cm³/mol. The maximum atomic E-state index is 11.3. The molecule has 7 nitrogen and oxygen atoms in total. The molecule has 0 amide bonds. The Morgan fingerprint density at radius 2 is 1.72 bits per heavy atom. The quantitative estimate of drug-likeness (QED) is 0.181. The molecule has 0 saturated carbocycles. The summed E-state index contributed by atoms with van der Waals surface area (Å²) in [5.74, 6) is -0.249. The van der Waals surface area contributed by atoms with E-state index < -0.39 is 17.7 Å². The summed E-state index contributed by atoms with van der Waals surface area (Å²) in [4.78, 5) is 31.7. The second kappa shape index (κ2) is 9.68. The van der Waals surface area contributed by atoms with E-state index in [2.05, 4.69) is 18.6 Å². The fourth-order valence-corrected chi connectivity index (χ4v) is 1.87. The Kier molecular flexibility index (Phi) is 7.94. The van der Waals surface area contributed by atoms with Crippen LogP contribution in [-0.2, 0) is 29.6 Å². The maximum absolute atomic E-state index is 11.3. The Hall–Kier alpha value is -2.54. The number of carbonyl (C=O) groups is 2. The molecule has 0 aromatic heterocycles. The summed E-state index contributed by atoms with van der Waals surface area (Å²) in [6, 6.07) is 8.02. The molecule has 0 unspecified atom stereocenters. The molecular weight excluding hydrogens is 328 g/mol. The number of rotatable bonds is 9. The second-order valence-corrected chi connectivity index (χ2v) is 6.05. The van der Waals surface area contributed by atoms with E-state index >= 15 is 0 Å². The zero-order chi connectivity index (χ0) is 18.9. The van der Waals surface area contributed by atoms with Crippen LogP contribution in [0.15, 0.2) is 36.6 Å².